The fourth-order valence-electron chi connectivity index (χ4n) is 3.52. The van der Waals surface area contributed by atoms with Gasteiger partial charge in [-0.05, 0) is 49.6 Å². The highest BCUT2D eigenvalue weighted by Gasteiger charge is 2.23. The first-order valence-electron chi connectivity index (χ1n) is 12.3. The summed E-state index contributed by atoms with van der Waals surface area (Å²) in [6.45, 7) is 6.85. The lowest BCUT2D eigenvalue weighted by atomic mass is 10.0. The molecule has 10 heteroatoms. The molecule has 38 heavy (non-hydrogen) atoms. The van der Waals surface area contributed by atoms with E-state index in [1.807, 2.05) is 19.1 Å². The van der Waals surface area contributed by atoms with E-state index >= 15 is 0 Å². The lowest BCUT2D eigenvalue weighted by molar-refractivity contribution is -0.384. The summed E-state index contributed by atoms with van der Waals surface area (Å²) in [5, 5.41) is 15.9. The zero-order valence-electron chi connectivity index (χ0n) is 21.5. The van der Waals surface area contributed by atoms with Gasteiger partial charge >= 0.3 is 5.97 Å². The van der Waals surface area contributed by atoms with Gasteiger partial charge in [-0.1, -0.05) is 31.5 Å². The third kappa shape index (κ3) is 7.42. The fraction of sp³-hybridized carbons (Fsp3) is 0.286. The zero-order chi connectivity index (χ0) is 27.5. The summed E-state index contributed by atoms with van der Waals surface area (Å²) >= 11 is 1.14. The third-order valence-corrected chi connectivity index (χ3v) is 6.22. The molecule has 0 bridgehead atoms. The van der Waals surface area contributed by atoms with Gasteiger partial charge in [0.25, 0.3) is 5.69 Å². The van der Waals surface area contributed by atoms with Crippen LogP contribution in [0.3, 0.4) is 0 Å². The SMILES string of the molecule is CCCCOc1ccc(/C=C/C(=O)Nc2scc(-c3cccc([N+](=O)[O-])c3)c2C(=O)OCC)cc1OCC. The predicted molar refractivity (Wildman–Crippen MR) is 148 cm³/mol. The molecule has 3 rings (SSSR count). The molecule has 1 aromatic heterocycles. The Labute approximate surface area is 225 Å². The van der Waals surface area contributed by atoms with Crippen molar-refractivity contribution in [1.82, 2.24) is 0 Å². The number of nitro groups is 1. The van der Waals surface area contributed by atoms with Gasteiger partial charge in [0.15, 0.2) is 11.5 Å². The third-order valence-electron chi connectivity index (χ3n) is 5.33. The number of anilines is 1. The standard InChI is InChI=1S/C28H30N2O7S/c1-4-7-15-37-23-13-11-19(16-24(23)35-5-2)12-14-25(31)29-27-26(28(32)36-6-3)22(18-38-27)20-9-8-10-21(17-20)30(33)34/h8-14,16-18H,4-7,15H2,1-3H3,(H,29,31)/b14-12+. The Bertz CT molecular complexity index is 1320. The van der Waals surface area contributed by atoms with Gasteiger partial charge in [-0.25, -0.2) is 4.79 Å². The zero-order valence-corrected chi connectivity index (χ0v) is 22.3. The fourth-order valence-corrected chi connectivity index (χ4v) is 4.48. The summed E-state index contributed by atoms with van der Waals surface area (Å²) in [6.07, 6.45) is 4.94. The molecule has 0 unspecified atom stereocenters. The molecule has 0 spiro atoms. The van der Waals surface area contributed by atoms with Crippen LogP contribution in [-0.4, -0.2) is 36.6 Å². The molecule has 0 aliphatic rings. The maximum atomic E-state index is 12.8. The molecule has 0 aliphatic heterocycles. The molecule has 200 valence electrons. The Morgan fingerprint density at radius 2 is 1.87 bits per heavy atom. The highest BCUT2D eigenvalue weighted by atomic mass is 32.1. The lowest BCUT2D eigenvalue weighted by Crippen LogP contribution is -2.12. The highest BCUT2D eigenvalue weighted by Crippen LogP contribution is 2.37. The smallest absolute Gasteiger partial charge is 0.341 e. The van der Waals surface area contributed by atoms with Gasteiger partial charge in [-0.3, -0.25) is 14.9 Å². The number of nitro benzene ring substituents is 1. The molecular weight excluding hydrogens is 508 g/mol. The van der Waals surface area contributed by atoms with E-state index in [1.165, 1.54) is 24.3 Å². The minimum atomic E-state index is -0.630. The summed E-state index contributed by atoms with van der Waals surface area (Å²) in [4.78, 5) is 36.3. The monoisotopic (exact) mass is 538 g/mol. The number of esters is 1. The van der Waals surface area contributed by atoms with Crippen LogP contribution >= 0.6 is 11.3 Å². The van der Waals surface area contributed by atoms with Crippen LogP contribution < -0.4 is 14.8 Å². The average molecular weight is 539 g/mol. The first-order valence-corrected chi connectivity index (χ1v) is 13.2. The molecule has 0 atom stereocenters. The number of amides is 1. The molecule has 0 saturated carbocycles. The number of carbonyl (C=O) groups excluding carboxylic acids is 2. The van der Waals surface area contributed by atoms with Crippen molar-refractivity contribution in [2.75, 3.05) is 25.1 Å². The minimum absolute atomic E-state index is 0.106. The van der Waals surface area contributed by atoms with Crippen LogP contribution in [0.4, 0.5) is 10.7 Å². The topological polar surface area (TPSA) is 117 Å². The van der Waals surface area contributed by atoms with E-state index in [0.29, 0.717) is 35.8 Å². The van der Waals surface area contributed by atoms with Crippen molar-refractivity contribution in [3.8, 4) is 22.6 Å². The minimum Gasteiger partial charge on any atom is -0.490 e. The van der Waals surface area contributed by atoms with Crippen LogP contribution in [0.2, 0.25) is 0 Å². The number of thiophene rings is 1. The number of benzene rings is 2. The molecule has 9 nitrogen and oxygen atoms in total. The number of hydrogen-bond donors (Lipinski definition) is 1. The Morgan fingerprint density at radius 1 is 1.05 bits per heavy atom. The van der Waals surface area contributed by atoms with E-state index in [4.69, 9.17) is 14.2 Å². The Hall–Kier alpha value is -4.18. The number of nitrogens with zero attached hydrogens (tertiary/aromatic N) is 1. The molecule has 1 amide bonds. The number of rotatable bonds is 13. The van der Waals surface area contributed by atoms with Crippen molar-refractivity contribution in [3.05, 3.63) is 75.2 Å². The van der Waals surface area contributed by atoms with Gasteiger partial charge in [-0.15, -0.1) is 11.3 Å². The summed E-state index contributed by atoms with van der Waals surface area (Å²) in [7, 11) is 0. The number of hydrogen-bond acceptors (Lipinski definition) is 8. The Balaban J connectivity index is 1.83. The van der Waals surface area contributed by atoms with Crippen LogP contribution in [0, 0.1) is 10.1 Å². The van der Waals surface area contributed by atoms with Crippen LogP contribution in [0.1, 0.15) is 49.5 Å². The Morgan fingerprint density at radius 3 is 2.58 bits per heavy atom. The second-order valence-electron chi connectivity index (χ2n) is 8.05. The summed E-state index contributed by atoms with van der Waals surface area (Å²) < 4.78 is 16.7. The van der Waals surface area contributed by atoms with Crippen molar-refractivity contribution in [2.24, 2.45) is 0 Å². The van der Waals surface area contributed by atoms with Crippen LogP contribution in [0.5, 0.6) is 11.5 Å². The van der Waals surface area contributed by atoms with Gasteiger partial charge in [0.2, 0.25) is 5.91 Å². The van der Waals surface area contributed by atoms with Crippen molar-refractivity contribution in [2.45, 2.75) is 33.6 Å². The van der Waals surface area contributed by atoms with E-state index in [2.05, 4.69) is 12.2 Å². The molecule has 0 aliphatic carbocycles. The van der Waals surface area contributed by atoms with Gasteiger partial charge in [0.1, 0.15) is 10.6 Å². The number of ether oxygens (including phenoxy) is 3. The first-order chi connectivity index (χ1) is 18.4. The highest BCUT2D eigenvalue weighted by molar-refractivity contribution is 7.15. The van der Waals surface area contributed by atoms with Crippen LogP contribution in [-0.2, 0) is 9.53 Å². The summed E-state index contributed by atoms with van der Waals surface area (Å²) in [5.41, 5.74) is 1.69. The normalized spacial score (nSPS) is 10.8. The van der Waals surface area contributed by atoms with Gasteiger partial charge in [0, 0.05) is 29.2 Å². The van der Waals surface area contributed by atoms with Crippen LogP contribution in [0.25, 0.3) is 17.2 Å². The van der Waals surface area contributed by atoms with E-state index < -0.39 is 16.8 Å². The van der Waals surface area contributed by atoms with Crippen molar-refractivity contribution >= 4 is 40.0 Å². The molecule has 0 radical (unpaired) electrons. The van der Waals surface area contributed by atoms with E-state index in [1.54, 1.807) is 30.5 Å². The molecule has 0 fully saturated rings. The predicted octanol–water partition coefficient (Wildman–Crippen LogP) is 6.73. The molecule has 3 aromatic rings. The number of non-ortho nitro benzene ring substituents is 1. The lowest BCUT2D eigenvalue weighted by Gasteiger charge is -2.12. The second kappa shape index (κ2) is 13.9. The molecule has 1 heterocycles. The van der Waals surface area contributed by atoms with Gasteiger partial charge in [0.05, 0.1) is 24.7 Å². The van der Waals surface area contributed by atoms with Crippen molar-refractivity contribution in [1.29, 1.82) is 0 Å². The van der Waals surface area contributed by atoms with Gasteiger partial charge < -0.3 is 19.5 Å². The van der Waals surface area contributed by atoms with Gasteiger partial charge in [-0.2, -0.15) is 0 Å². The maximum Gasteiger partial charge on any atom is 0.341 e. The molecule has 2 aromatic carbocycles. The maximum absolute atomic E-state index is 12.8. The van der Waals surface area contributed by atoms with E-state index in [0.717, 1.165) is 29.7 Å². The number of unbranched alkanes of at least 4 members (excludes halogenated alkanes) is 1. The average Bonchev–Trinajstić information content (AvgIpc) is 3.32. The van der Waals surface area contributed by atoms with Crippen molar-refractivity contribution in [3.63, 3.8) is 0 Å². The van der Waals surface area contributed by atoms with Crippen molar-refractivity contribution < 1.29 is 28.7 Å². The Kier molecular flexibility index (Phi) is 10.4. The molecule has 1 N–H and O–H groups in total. The quantitative estimate of drug-likeness (QED) is 0.0843. The first kappa shape index (κ1) is 28.4. The van der Waals surface area contributed by atoms with E-state index in [9.17, 15) is 19.7 Å². The summed E-state index contributed by atoms with van der Waals surface area (Å²) in [5.74, 6) is 0.155. The number of nitrogens with one attached hydrogen (secondary N) is 1. The summed E-state index contributed by atoms with van der Waals surface area (Å²) in [6, 6.07) is 11.4. The largest absolute Gasteiger partial charge is 0.490 e. The van der Waals surface area contributed by atoms with Crippen LogP contribution in [0.15, 0.2) is 53.9 Å². The van der Waals surface area contributed by atoms with E-state index in [-0.39, 0.29) is 22.9 Å². The second-order valence-corrected chi connectivity index (χ2v) is 8.92. The molecular formula is C28H30N2O7S. The number of carbonyl (C=O) groups is 2. The molecule has 0 saturated heterocycles.